The number of hydrogen-bond acceptors (Lipinski definition) is 4. The maximum Gasteiger partial charge on any atom is 0.305 e. The Morgan fingerprint density at radius 2 is 2.00 bits per heavy atom. The Kier molecular flexibility index (Phi) is 8.02. The second kappa shape index (κ2) is 8.37. The number of thioether (sulfide) groups is 1. The Labute approximate surface area is 113 Å². The highest BCUT2D eigenvalue weighted by Gasteiger charge is 2.28. The van der Waals surface area contributed by atoms with Crippen molar-refractivity contribution in [1.82, 2.24) is 5.32 Å². The quantitative estimate of drug-likeness (QED) is 0.655. The topological polar surface area (TPSA) is 75.6 Å². The summed E-state index contributed by atoms with van der Waals surface area (Å²) in [6.07, 6.45) is -0.0576. The number of carbonyl (C=O) groups is 2. The number of hydrogen-bond donors (Lipinski definition) is 2. The van der Waals surface area contributed by atoms with Gasteiger partial charge in [0.2, 0.25) is 5.91 Å². The van der Waals surface area contributed by atoms with Crippen LogP contribution >= 0.6 is 11.8 Å². The predicted octanol–water partition coefficient (Wildman–Crippen LogP) is 1.37. The van der Waals surface area contributed by atoms with Crippen molar-refractivity contribution >= 4 is 23.6 Å². The minimum atomic E-state index is -0.901. The summed E-state index contributed by atoms with van der Waals surface area (Å²) in [5.41, 5.74) is -0.273. The van der Waals surface area contributed by atoms with Crippen molar-refractivity contribution in [2.45, 2.75) is 33.2 Å². The number of carbonyl (C=O) groups excluding carboxylic acids is 1. The van der Waals surface area contributed by atoms with Crippen LogP contribution in [0, 0.1) is 5.41 Å². The van der Waals surface area contributed by atoms with Gasteiger partial charge in [-0.3, -0.25) is 9.59 Å². The van der Waals surface area contributed by atoms with Crippen molar-refractivity contribution in [2.75, 3.05) is 25.2 Å². The Morgan fingerprint density at radius 1 is 1.39 bits per heavy atom. The predicted molar refractivity (Wildman–Crippen MR) is 72.8 cm³/mol. The summed E-state index contributed by atoms with van der Waals surface area (Å²) in [6, 6.07) is -0.356. The normalized spacial score (nSPS) is 13.1. The number of nitrogens with one attached hydrogen (secondary N) is 1. The van der Waals surface area contributed by atoms with Crippen molar-refractivity contribution in [3.63, 3.8) is 0 Å². The van der Waals surface area contributed by atoms with Gasteiger partial charge in [0.15, 0.2) is 0 Å². The van der Waals surface area contributed by atoms with Crippen molar-refractivity contribution in [2.24, 2.45) is 5.41 Å². The van der Waals surface area contributed by atoms with Crippen molar-refractivity contribution in [3.8, 4) is 0 Å². The molecular formula is C12H23NO4S. The lowest BCUT2D eigenvalue weighted by atomic mass is 9.85. The van der Waals surface area contributed by atoms with Gasteiger partial charge in [-0.1, -0.05) is 20.8 Å². The first-order chi connectivity index (χ1) is 8.27. The minimum Gasteiger partial charge on any atom is -0.481 e. The molecule has 0 saturated carbocycles. The average molecular weight is 277 g/mol. The van der Waals surface area contributed by atoms with Crippen LogP contribution in [-0.4, -0.2) is 48.2 Å². The molecule has 1 atom stereocenters. The van der Waals surface area contributed by atoms with Gasteiger partial charge >= 0.3 is 5.97 Å². The van der Waals surface area contributed by atoms with Crippen LogP contribution in [0.25, 0.3) is 0 Å². The van der Waals surface area contributed by atoms with Crippen LogP contribution in [-0.2, 0) is 14.3 Å². The maximum atomic E-state index is 11.7. The fraction of sp³-hybridized carbons (Fsp3) is 0.833. The summed E-state index contributed by atoms with van der Waals surface area (Å²) in [7, 11) is 1.61. The van der Waals surface area contributed by atoms with Gasteiger partial charge in [-0.2, -0.15) is 0 Å². The van der Waals surface area contributed by atoms with E-state index < -0.39 is 5.97 Å². The zero-order valence-electron chi connectivity index (χ0n) is 11.5. The second-order valence-corrected chi connectivity index (χ2v) is 6.23. The van der Waals surface area contributed by atoms with Gasteiger partial charge in [0.05, 0.1) is 18.8 Å². The molecule has 5 nitrogen and oxygen atoms in total. The Hall–Kier alpha value is -0.750. The van der Waals surface area contributed by atoms with Crippen molar-refractivity contribution < 1.29 is 19.4 Å². The molecule has 0 heterocycles. The van der Waals surface area contributed by atoms with Crippen LogP contribution in [0.3, 0.4) is 0 Å². The summed E-state index contributed by atoms with van der Waals surface area (Å²) in [5, 5.41) is 11.6. The fourth-order valence-corrected chi connectivity index (χ4v) is 1.99. The molecule has 0 radical (unpaired) electrons. The first-order valence-electron chi connectivity index (χ1n) is 5.85. The molecule has 1 unspecified atom stereocenters. The smallest absolute Gasteiger partial charge is 0.305 e. The molecule has 0 aliphatic heterocycles. The molecule has 0 aliphatic carbocycles. The van der Waals surface area contributed by atoms with E-state index in [0.717, 1.165) is 5.75 Å². The molecule has 0 aromatic heterocycles. The highest BCUT2D eigenvalue weighted by Crippen LogP contribution is 2.22. The van der Waals surface area contributed by atoms with E-state index in [-0.39, 0.29) is 23.8 Å². The van der Waals surface area contributed by atoms with Gasteiger partial charge in [-0.15, -0.1) is 11.8 Å². The summed E-state index contributed by atoms with van der Waals surface area (Å²) in [4.78, 5) is 22.4. The molecule has 2 N–H and O–H groups in total. The number of ether oxygens (including phenoxy) is 1. The molecule has 0 aromatic rings. The van der Waals surface area contributed by atoms with Crippen LogP contribution < -0.4 is 5.32 Å². The largest absolute Gasteiger partial charge is 0.481 e. The van der Waals surface area contributed by atoms with E-state index in [4.69, 9.17) is 9.84 Å². The highest BCUT2D eigenvalue weighted by atomic mass is 32.2. The zero-order chi connectivity index (χ0) is 14.2. The van der Waals surface area contributed by atoms with E-state index in [1.54, 1.807) is 7.11 Å². The lowest BCUT2D eigenvalue weighted by molar-refractivity contribution is -0.138. The van der Waals surface area contributed by atoms with E-state index in [9.17, 15) is 9.59 Å². The Bertz CT molecular complexity index is 276. The summed E-state index contributed by atoms with van der Waals surface area (Å²) < 4.78 is 4.88. The molecule has 1 amide bonds. The molecule has 0 fully saturated rings. The highest BCUT2D eigenvalue weighted by molar-refractivity contribution is 7.99. The molecule has 6 heteroatoms. The Morgan fingerprint density at radius 3 is 2.44 bits per heavy atom. The average Bonchev–Trinajstić information content (AvgIpc) is 2.21. The summed E-state index contributed by atoms with van der Waals surface area (Å²) in [6.45, 7) is 6.35. The third kappa shape index (κ3) is 8.36. The molecule has 0 aromatic carbocycles. The molecule has 0 spiro atoms. The lowest BCUT2D eigenvalue weighted by Gasteiger charge is -2.30. The minimum absolute atomic E-state index is 0.0576. The van der Waals surface area contributed by atoms with Crippen molar-refractivity contribution in [3.05, 3.63) is 0 Å². The van der Waals surface area contributed by atoms with Gasteiger partial charge in [-0.25, -0.2) is 0 Å². The van der Waals surface area contributed by atoms with Gasteiger partial charge in [-0.05, 0) is 5.41 Å². The number of rotatable bonds is 8. The second-order valence-electron chi connectivity index (χ2n) is 5.13. The fourth-order valence-electron chi connectivity index (χ4n) is 1.29. The standard InChI is InChI=1S/C12H23NO4S/c1-12(2,3)9(7-11(15)16)13-10(14)8-18-6-5-17-4/h9H,5-8H2,1-4H3,(H,13,14)(H,15,16). The van der Waals surface area contributed by atoms with Crippen molar-refractivity contribution in [1.29, 1.82) is 0 Å². The molecule has 0 rings (SSSR count). The molecule has 106 valence electrons. The molecule has 18 heavy (non-hydrogen) atoms. The summed E-state index contributed by atoms with van der Waals surface area (Å²) in [5.74, 6) is 0.0537. The van der Waals surface area contributed by atoms with Crippen LogP contribution in [0.2, 0.25) is 0 Å². The number of carboxylic acid groups (broad SMARTS) is 1. The van der Waals surface area contributed by atoms with Gasteiger partial charge < -0.3 is 15.2 Å². The van der Waals surface area contributed by atoms with E-state index in [1.165, 1.54) is 11.8 Å². The Balaban J connectivity index is 4.15. The van der Waals surface area contributed by atoms with E-state index in [1.807, 2.05) is 20.8 Å². The number of carboxylic acids is 1. The van der Waals surface area contributed by atoms with Crippen LogP contribution in [0.1, 0.15) is 27.2 Å². The van der Waals surface area contributed by atoms with Crippen LogP contribution in [0.4, 0.5) is 0 Å². The molecule has 0 saturated heterocycles. The summed E-state index contributed by atoms with van der Waals surface area (Å²) >= 11 is 1.47. The first-order valence-corrected chi connectivity index (χ1v) is 7.00. The zero-order valence-corrected chi connectivity index (χ0v) is 12.3. The maximum absolute atomic E-state index is 11.7. The number of aliphatic carboxylic acids is 1. The molecule has 0 bridgehead atoms. The van der Waals surface area contributed by atoms with Crippen LogP contribution in [0.15, 0.2) is 0 Å². The van der Waals surface area contributed by atoms with E-state index in [2.05, 4.69) is 5.32 Å². The molecule has 0 aliphatic rings. The molecular weight excluding hydrogens is 254 g/mol. The number of methoxy groups -OCH3 is 1. The lowest BCUT2D eigenvalue weighted by Crippen LogP contribution is -2.45. The third-order valence-electron chi connectivity index (χ3n) is 2.42. The SMILES string of the molecule is COCCSCC(=O)NC(CC(=O)O)C(C)(C)C. The third-order valence-corrected chi connectivity index (χ3v) is 3.35. The van der Waals surface area contributed by atoms with Gasteiger partial charge in [0.1, 0.15) is 0 Å². The van der Waals surface area contributed by atoms with E-state index in [0.29, 0.717) is 12.4 Å². The van der Waals surface area contributed by atoms with Gasteiger partial charge in [0, 0.05) is 18.9 Å². The first kappa shape index (κ1) is 17.2. The number of amides is 1. The van der Waals surface area contributed by atoms with Gasteiger partial charge in [0.25, 0.3) is 0 Å². The monoisotopic (exact) mass is 277 g/mol. The van der Waals surface area contributed by atoms with E-state index >= 15 is 0 Å². The van der Waals surface area contributed by atoms with Crippen LogP contribution in [0.5, 0.6) is 0 Å².